The number of aliphatic hydroxyl groups is 1. The zero-order chi connectivity index (χ0) is 30.1. The number of nitrogens with one attached hydrogen (secondary N) is 2. The van der Waals surface area contributed by atoms with Gasteiger partial charge in [0.05, 0.1) is 30.6 Å². The van der Waals surface area contributed by atoms with Gasteiger partial charge in [-0.05, 0) is 41.5 Å². The number of nitrogens with zero attached hydrogens (tertiary/aromatic N) is 9. The average Bonchev–Trinajstić information content (AvgIpc) is 3.84. The predicted octanol–water partition coefficient (Wildman–Crippen LogP) is 1.29. The van der Waals surface area contributed by atoms with Gasteiger partial charge in [0.15, 0.2) is 5.82 Å². The molecule has 6 heterocycles. The van der Waals surface area contributed by atoms with Crippen molar-refractivity contribution in [3.8, 4) is 23.0 Å². The lowest BCUT2D eigenvalue weighted by molar-refractivity contribution is -0.145. The Morgan fingerprint density at radius 3 is 2.63 bits per heavy atom. The van der Waals surface area contributed by atoms with Gasteiger partial charge < -0.3 is 25.0 Å². The van der Waals surface area contributed by atoms with Gasteiger partial charge in [0.25, 0.3) is 11.9 Å². The standard InChI is InChI=1S/C28H33N11O4/c1-4-28(42,5-2)20-14-18(32-33-20)23-24-22(19(43-3)16-31-23)17(15-30-24)25(40)26(41)37-10-12-38(13-11-37)27-34-35-36-39(27)21-8-6-7-9-29-21/h6-9,14,16-17,30,42H,4-5,10-13,15H2,1-3H3,(H,32,33). The van der Waals surface area contributed by atoms with Gasteiger partial charge >= 0.3 is 0 Å². The van der Waals surface area contributed by atoms with Crippen molar-refractivity contribution in [2.24, 2.45) is 0 Å². The van der Waals surface area contributed by atoms with Gasteiger partial charge in [0.2, 0.25) is 5.78 Å². The quantitative estimate of drug-likeness (QED) is 0.239. The SMILES string of the molecule is CCC(O)(CC)c1cc(-c2ncc(OC)c3c2NCC3C(=O)C(=O)N2CCN(c3nnnn3-c3ccccn3)CC2)n[nH]1. The molecule has 0 spiro atoms. The van der Waals surface area contributed by atoms with Gasteiger partial charge in [-0.3, -0.25) is 14.7 Å². The molecule has 0 saturated carbocycles. The fraction of sp³-hybridized carbons (Fsp3) is 0.429. The van der Waals surface area contributed by atoms with E-state index >= 15 is 0 Å². The Morgan fingerprint density at radius 2 is 1.93 bits per heavy atom. The molecule has 2 aliphatic heterocycles. The Kier molecular flexibility index (Phi) is 7.48. The van der Waals surface area contributed by atoms with Crippen molar-refractivity contribution >= 4 is 23.3 Å². The highest BCUT2D eigenvalue weighted by atomic mass is 16.5. The fourth-order valence-electron chi connectivity index (χ4n) is 5.65. The molecule has 4 aromatic rings. The van der Waals surface area contributed by atoms with Crippen LogP contribution in [0.25, 0.3) is 17.2 Å². The molecule has 0 aromatic carbocycles. The largest absolute Gasteiger partial charge is 0.495 e. The molecular weight excluding hydrogens is 554 g/mol. The number of amides is 1. The second kappa shape index (κ2) is 11.4. The van der Waals surface area contributed by atoms with E-state index in [0.29, 0.717) is 84.9 Å². The van der Waals surface area contributed by atoms with E-state index in [-0.39, 0.29) is 6.54 Å². The third-order valence-electron chi connectivity index (χ3n) is 8.32. The lowest BCUT2D eigenvalue weighted by atomic mass is 9.92. The van der Waals surface area contributed by atoms with Crippen LogP contribution in [-0.2, 0) is 15.2 Å². The Labute approximate surface area is 247 Å². The molecule has 1 unspecified atom stereocenters. The molecule has 1 fully saturated rings. The topological polar surface area (TPSA) is 180 Å². The van der Waals surface area contributed by atoms with Gasteiger partial charge in [0.1, 0.15) is 22.7 Å². The molecule has 0 radical (unpaired) electrons. The second-order valence-corrected chi connectivity index (χ2v) is 10.5. The summed E-state index contributed by atoms with van der Waals surface area (Å²) < 4.78 is 7.12. The highest BCUT2D eigenvalue weighted by Crippen LogP contribution is 2.44. The van der Waals surface area contributed by atoms with Crippen LogP contribution in [0, 0.1) is 0 Å². The van der Waals surface area contributed by atoms with E-state index in [1.807, 2.05) is 36.9 Å². The van der Waals surface area contributed by atoms with Crippen molar-refractivity contribution in [1.82, 2.24) is 45.3 Å². The maximum absolute atomic E-state index is 13.7. The molecule has 3 N–H and O–H groups in total. The van der Waals surface area contributed by atoms with E-state index in [1.54, 1.807) is 21.8 Å². The molecular formula is C28H33N11O4. The van der Waals surface area contributed by atoms with Gasteiger partial charge in [-0.15, -0.1) is 0 Å². The number of aromatic amines is 1. The summed E-state index contributed by atoms with van der Waals surface area (Å²) in [6.45, 7) is 5.61. The maximum atomic E-state index is 13.7. The van der Waals surface area contributed by atoms with Gasteiger partial charge in [-0.1, -0.05) is 25.0 Å². The van der Waals surface area contributed by atoms with E-state index < -0.39 is 23.2 Å². The van der Waals surface area contributed by atoms with E-state index in [0.717, 1.165) is 0 Å². The molecule has 224 valence electrons. The lowest BCUT2D eigenvalue weighted by Gasteiger charge is -2.34. The van der Waals surface area contributed by atoms with Crippen molar-refractivity contribution in [2.45, 2.75) is 38.2 Å². The van der Waals surface area contributed by atoms with Gasteiger partial charge in [0, 0.05) is 44.5 Å². The number of tetrazole rings is 1. The summed E-state index contributed by atoms with van der Waals surface area (Å²) in [5.74, 6) is -0.312. The Morgan fingerprint density at radius 1 is 1.14 bits per heavy atom. The summed E-state index contributed by atoms with van der Waals surface area (Å²) in [5, 5.41) is 33.6. The van der Waals surface area contributed by atoms with Crippen LogP contribution in [-0.4, -0.2) is 102 Å². The van der Waals surface area contributed by atoms with Crippen LogP contribution in [0.1, 0.15) is 43.9 Å². The van der Waals surface area contributed by atoms with Gasteiger partial charge in [-0.25, -0.2) is 9.97 Å². The number of ether oxygens (including phenoxy) is 1. The van der Waals surface area contributed by atoms with Crippen molar-refractivity contribution in [1.29, 1.82) is 0 Å². The number of methoxy groups -OCH3 is 1. The van der Waals surface area contributed by atoms with Crippen LogP contribution < -0.4 is 15.0 Å². The number of anilines is 2. The van der Waals surface area contributed by atoms with Crippen LogP contribution in [0.15, 0.2) is 36.7 Å². The van der Waals surface area contributed by atoms with E-state index in [2.05, 4.69) is 41.0 Å². The lowest BCUT2D eigenvalue weighted by Crippen LogP contribution is -2.52. The van der Waals surface area contributed by atoms with Crippen LogP contribution >= 0.6 is 0 Å². The number of carbonyl (C=O) groups is 2. The summed E-state index contributed by atoms with van der Waals surface area (Å²) >= 11 is 0. The first-order chi connectivity index (χ1) is 20.9. The zero-order valence-corrected chi connectivity index (χ0v) is 24.2. The van der Waals surface area contributed by atoms with E-state index in [9.17, 15) is 14.7 Å². The Bertz CT molecular complexity index is 1620. The number of H-pyrrole nitrogens is 1. The minimum atomic E-state index is -1.03. The number of hydrogen-bond acceptors (Lipinski definition) is 12. The van der Waals surface area contributed by atoms with Crippen molar-refractivity contribution in [2.75, 3.05) is 50.1 Å². The third-order valence-corrected chi connectivity index (χ3v) is 8.32. The number of carbonyl (C=O) groups excluding carboxylic acids is 2. The number of rotatable bonds is 9. The minimum absolute atomic E-state index is 0.221. The molecule has 43 heavy (non-hydrogen) atoms. The highest BCUT2D eigenvalue weighted by Gasteiger charge is 2.40. The van der Waals surface area contributed by atoms with Crippen molar-refractivity contribution < 1.29 is 19.4 Å². The number of piperazine rings is 1. The highest BCUT2D eigenvalue weighted by molar-refractivity contribution is 6.38. The zero-order valence-electron chi connectivity index (χ0n) is 24.2. The number of aromatic nitrogens is 8. The molecule has 1 amide bonds. The predicted molar refractivity (Wildman–Crippen MR) is 155 cm³/mol. The third kappa shape index (κ3) is 4.94. The first kappa shape index (κ1) is 28.2. The van der Waals surface area contributed by atoms with Gasteiger partial charge in [-0.2, -0.15) is 9.78 Å². The molecule has 6 rings (SSSR count). The summed E-state index contributed by atoms with van der Waals surface area (Å²) in [5.41, 5.74) is 1.75. The van der Waals surface area contributed by atoms with Crippen molar-refractivity contribution in [3.05, 3.63) is 47.9 Å². The fourth-order valence-corrected chi connectivity index (χ4v) is 5.65. The molecule has 0 aliphatic carbocycles. The molecule has 1 atom stereocenters. The van der Waals surface area contributed by atoms with E-state index in [1.165, 1.54) is 13.3 Å². The number of fused-ring (bicyclic) bond motifs is 1. The Balaban J connectivity index is 1.19. The number of ketones is 1. The monoisotopic (exact) mass is 587 g/mol. The van der Waals surface area contributed by atoms with Crippen molar-refractivity contribution in [3.63, 3.8) is 0 Å². The molecule has 2 aliphatic rings. The summed E-state index contributed by atoms with van der Waals surface area (Å²) in [7, 11) is 1.51. The number of Topliss-reactive ketones (excluding diaryl/α,β-unsaturated/α-hetero) is 1. The molecule has 15 heteroatoms. The minimum Gasteiger partial charge on any atom is -0.495 e. The molecule has 4 aromatic heterocycles. The van der Waals surface area contributed by atoms with Crippen LogP contribution in [0.2, 0.25) is 0 Å². The average molecular weight is 588 g/mol. The van der Waals surface area contributed by atoms with Crippen LogP contribution in [0.3, 0.4) is 0 Å². The first-order valence-electron chi connectivity index (χ1n) is 14.3. The summed E-state index contributed by atoms with van der Waals surface area (Å²) in [6.07, 6.45) is 4.24. The number of pyridine rings is 2. The molecule has 0 bridgehead atoms. The summed E-state index contributed by atoms with van der Waals surface area (Å²) in [6, 6.07) is 7.24. The second-order valence-electron chi connectivity index (χ2n) is 10.5. The first-order valence-corrected chi connectivity index (χ1v) is 14.3. The molecule has 1 saturated heterocycles. The normalized spacial score (nSPS) is 16.6. The number of hydrogen-bond donors (Lipinski definition) is 3. The van der Waals surface area contributed by atoms with Crippen LogP contribution in [0.5, 0.6) is 5.75 Å². The maximum Gasteiger partial charge on any atom is 0.290 e. The summed E-state index contributed by atoms with van der Waals surface area (Å²) in [4.78, 5) is 39.5. The van der Waals surface area contributed by atoms with E-state index in [4.69, 9.17) is 4.74 Å². The van der Waals surface area contributed by atoms with Crippen LogP contribution in [0.4, 0.5) is 11.6 Å². The smallest absolute Gasteiger partial charge is 0.290 e. The Hall–Kier alpha value is -4.92. The molecule has 15 nitrogen and oxygen atoms in total.